The third-order valence-corrected chi connectivity index (χ3v) is 3.56. The van der Waals surface area contributed by atoms with E-state index >= 15 is 0 Å². The lowest BCUT2D eigenvalue weighted by atomic mass is 10.2. The van der Waals surface area contributed by atoms with Crippen molar-refractivity contribution >= 4 is 28.4 Å². The van der Waals surface area contributed by atoms with Crippen molar-refractivity contribution in [2.45, 2.75) is 13.8 Å². The Labute approximate surface area is 118 Å². The van der Waals surface area contributed by atoms with Gasteiger partial charge >= 0.3 is 0 Å². The molecule has 2 rings (SSSR count). The third kappa shape index (κ3) is 3.09. The molecule has 0 unspecified atom stereocenters. The summed E-state index contributed by atoms with van der Waals surface area (Å²) in [5.74, 6) is -0.619. The molecule has 0 radical (unpaired) electrons. The minimum Gasteiger partial charge on any atom is -0.868 e. The van der Waals surface area contributed by atoms with E-state index in [1.54, 1.807) is 0 Å². The number of nitro groups is 1. The normalized spacial score (nSPS) is 10.9. The molecular weight excluding hydrogens is 280 g/mol. The molecule has 2 aromatic rings. The van der Waals surface area contributed by atoms with Gasteiger partial charge in [0.25, 0.3) is 5.69 Å². The van der Waals surface area contributed by atoms with Gasteiger partial charge in [0.1, 0.15) is 0 Å². The fourth-order valence-electron chi connectivity index (χ4n) is 1.44. The third-order valence-electron chi connectivity index (χ3n) is 2.58. The van der Waals surface area contributed by atoms with Crippen LogP contribution in [-0.2, 0) is 0 Å². The zero-order valence-electron chi connectivity index (χ0n) is 10.8. The summed E-state index contributed by atoms with van der Waals surface area (Å²) in [5, 5.41) is 26.5. The zero-order valence-corrected chi connectivity index (χ0v) is 11.6. The van der Waals surface area contributed by atoms with Gasteiger partial charge in [0.2, 0.25) is 5.13 Å². The summed E-state index contributed by atoms with van der Waals surface area (Å²) in [6.45, 7) is 3.86. The first-order valence-corrected chi connectivity index (χ1v) is 6.47. The van der Waals surface area contributed by atoms with E-state index in [2.05, 4.69) is 15.5 Å². The van der Waals surface area contributed by atoms with Crippen LogP contribution in [-0.4, -0.2) is 16.1 Å². The highest BCUT2D eigenvalue weighted by molar-refractivity contribution is 7.15. The van der Waals surface area contributed by atoms with E-state index in [0.29, 0.717) is 10.7 Å². The summed E-state index contributed by atoms with van der Waals surface area (Å²) >= 11 is 1.47. The van der Waals surface area contributed by atoms with Gasteiger partial charge in [-0.3, -0.25) is 15.5 Å². The molecule has 1 aromatic carbocycles. The van der Waals surface area contributed by atoms with Gasteiger partial charge < -0.3 is 5.11 Å². The molecule has 7 nitrogen and oxygen atoms in total. The first-order chi connectivity index (χ1) is 9.47. The highest BCUT2D eigenvalue weighted by Crippen LogP contribution is 2.23. The Bertz CT molecular complexity index is 662. The molecule has 20 heavy (non-hydrogen) atoms. The lowest BCUT2D eigenvalue weighted by Crippen LogP contribution is -1.99. The van der Waals surface area contributed by atoms with Crippen LogP contribution in [0.15, 0.2) is 23.3 Å². The van der Waals surface area contributed by atoms with Crippen molar-refractivity contribution in [1.82, 2.24) is 4.98 Å². The highest BCUT2D eigenvalue weighted by atomic mass is 32.1. The Balaban J connectivity index is 2.11. The van der Waals surface area contributed by atoms with Crippen LogP contribution >= 0.6 is 11.3 Å². The van der Waals surface area contributed by atoms with Crippen LogP contribution in [0.4, 0.5) is 10.8 Å². The number of hydrogen-bond donors (Lipinski definition) is 1. The number of aromatic nitrogens is 1. The number of nitrogens with zero attached hydrogens (tertiary/aromatic N) is 3. The van der Waals surface area contributed by atoms with Gasteiger partial charge in [-0.05, 0) is 19.6 Å². The molecule has 0 aliphatic rings. The van der Waals surface area contributed by atoms with Gasteiger partial charge in [0.15, 0.2) is 0 Å². The summed E-state index contributed by atoms with van der Waals surface area (Å²) < 4.78 is 0. The van der Waals surface area contributed by atoms with Crippen LogP contribution < -0.4 is 10.5 Å². The van der Waals surface area contributed by atoms with E-state index in [1.807, 2.05) is 13.8 Å². The van der Waals surface area contributed by atoms with Crippen LogP contribution in [0.25, 0.3) is 0 Å². The maximum absolute atomic E-state index is 11.2. The number of hydrazone groups is 1. The minimum atomic E-state index is -0.708. The number of aryl methyl sites for hydroxylation is 2. The first kappa shape index (κ1) is 13.9. The molecule has 1 heterocycles. The number of benzene rings is 1. The molecule has 0 spiro atoms. The molecule has 104 valence electrons. The number of thiazole rings is 1. The minimum absolute atomic E-state index is 0.463. The molecule has 0 bridgehead atoms. The van der Waals surface area contributed by atoms with Crippen molar-refractivity contribution in [3.05, 3.63) is 44.4 Å². The number of rotatable bonds is 4. The molecule has 0 saturated carbocycles. The maximum atomic E-state index is 11.2. The molecule has 0 saturated heterocycles. The number of nitrogens with one attached hydrogen (secondary N) is 1. The monoisotopic (exact) mass is 291 g/mol. The Kier molecular flexibility index (Phi) is 3.94. The number of hydrogen-bond acceptors (Lipinski definition) is 7. The van der Waals surface area contributed by atoms with E-state index in [-0.39, 0.29) is 0 Å². The SMILES string of the molecule is Cc1nc(NN=Cc2ccc([O-])c([N+](=O)[O-])c2)sc1C. The molecule has 0 fully saturated rings. The van der Waals surface area contributed by atoms with E-state index in [0.717, 1.165) is 16.6 Å². The van der Waals surface area contributed by atoms with Gasteiger partial charge in [-0.1, -0.05) is 12.1 Å². The molecule has 8 heteroatoms. The molecule has 0 aliphatic heterocycles. The summed E-state index contributed by atoms with van der Waals surface area (Å²) in [7, 11) is 0. The average Bonchev–Trinajstić information content (AvgIpc) is 2.70. The Morgan fingerprint density at radius 3 is 2.80 bits per heavy atom. The largest absolute Gasteiger partial charge is 0.868 e. The summed E-state index contributed by atoms with van der Waals surface area (Å²) in [5.41, 5.74) is 3.68. The topological polar surface area (TPSA) is 103 Å². The highest BCUT2D eigenvalue weighted by Gasteiger charge is 2.07. The second-order valence-corrected chi connectivity index (χ2v) is 5.22. The van der Waals surface area contributed by atoms with Crippen LogP contribution in [0.2, 0.25) is 0 Å². The molecule has 0 atom stereocenters. The van der Waals surface area contributed by atoms with Crippen molar-refractivity contribution in [2.24, 2.45) is 5.10 Å². The van der Waals surface area contributed by atoms with E-state index in [4.69, 9.17) is 0 Å². The Morgan fingerprint density at radius 2 is 2.20 bits per heavy atom. The lowest BCUT2D eigenvalue weighted by Gasteiger charge is -2.05. The van der Waals surface area contributed by atoms with Crippen molar-refractivity contribution in [3.63, 3.8) is 0 Å². The van der Waals surface area contributed by atoms with E-state index < -0.39 is 16.4 Å². The van der Waals surface area contributed by atoms with Crippen molar-refractivity contribution in [1.29, 1.82) is 0 Å². The quantitative estimate of drug-likeness (QED) is 0.528. The molecule has 1 N–H and O–H groups in total. The summed E-state index contributed by atoms with van der Waals surface area (Å²) in [6.07, 6.45) is 1.40. The second kappa shape index (κ2) is 5.66. The van der Waals surface area contributed by atoms with Crippen molar-refractivity contribution in [3.8, 4) is 5.75 Å². The summed E-state index contributed by atoms with van der Waals surface area (Å²) in [4.78, 5) is 15.3. The Morgan fingerprint density at radius 1 is 1.45 bits per heavy atom. The van der Waals surface area contributed by atoms with Gasteiger partial charge in [-0.25, -0.2) is 4.98 Å². The second-order valence-electron chi connectivity index (χ2n) is 4.01. The fraction of sp³-hybridized carbons (Fsp3) is 0.167. The standard InChI is InChI=1S/C12H12N4O3S/c1-7-8(2)20-12(14-7)15-13-6-9-3-4-11(17)10(5-9)16(18)19/h3-6,17H,1-2H3,(H,14,15)/p-1. The predicted octanol–water partition coefficient (Wildman–Crippen LogP) is 2.19. The van der Waals surface area contributed by atoms with Crippen LogP contribution in [0, 0.1) is 24.0 Å². The van der Waals surface area contributed by atoms with Crippen LogP contribution in [0.3, 0.4) is 0 Å². The number of anilines is 1. The molecule has 0 aliphatic carbocycles. The number of nitro benzene ring substituents is 1. The molecule has 1 aromatic heterocycles. The smallest absolute Gasteiger partial charge is 0.262 e. The van der Waals surface area contributed by atoms with Crippen molar-refractivity contribution < 1.29 is 10.0 Å². The zero-order chi connectivity index (χ0) is 14.7. The molecule has 0 amide bonds. The van der Waals surface area contributed by atoms with Gasteiger partial charge in [-0.15, -0.1) is 11.3 Å². The fourth-order valence-corrected chi connectivity index (χ4v) is 2.20. The van der Waals surface area contributed by atoms with Crippen LogP contribution in [0.1, 0.15) is 16.1 Å². The Hall–Kier alpha value is -2.48. The molecular formula is C12H11N4O3S-. The van der Waals surface area contributed by atoms with Gasteiger partial charge in [0, 0.05) is 16.5 Å². The first-order valence-electron chi connectivity index (χ1n) is 5.66. The van der Waals surface area contributed by atoms with Gasteiger partial charge in [0.05, 0.1) is 16.8 Å². The summed E-state index contributed by atoms with van der Waals surface area (Å²) in [6, 6.07) is 3.81. The van der Waals surface area contributed by atoms with E-state index in [1.165, 1.54) is 29.7 Å². The lowest BCUT2D eigenvalue weighted by molar-refractivity contribution is -0.398. The van der Waals surface area contributed by atoms with Crippen LogP contribution in [0.5, 0.6) is 5.75 Å². The van der Waals surface area contributed by atoms with E-state index in [9.17, 15) is 15.2 Å². The predicted molar refractivity (Wildman–Crippen MR) is 75.3 cm³/mol. The average molecular weight is 291 g/mol. The maximum Gasteiger partial charge on any atom is 0.262 e. The van der Waals surface area contributed by atoms with Crippen molar-refractivity contribution in [2.75, 3.05) is 5.43 Å². The van der Waals surface area contributed by atoms with Gasteiger partial charge in [-0.2, -0.15) is 5.10 Å².